The zero-order valence-electron chi connectivity index (χ0n) is 10.8. The minimum atomic E-state index is -0.376. The maximum absolute atomic E-state index is 11.7. The fourth-order valence-corrected chi connectivity index (χ4v) is 2.60. The first kappa shape index (κ1) is 14.8. The van der Waals surface area contributed by atoms with Crippen LogP contribution in [0.25, 0.3) is 6.08 Å². The second kappa shape index (κ2) is 6.72. The van der Waals surface area contributed by atoms with Gasteiger partial charge in [0.2, 0.25) is 0 Å². The van der Waals surface area contributed by atoms with E-state index in [0.717, 1.165) is 5.56 Å². The number of benzene rings is 1. The van der Waals surface area contributed by atoms with Crippen LogP contribution in [0.1, 0.15) is 18.9 Å². The molecule has 0 N–H and O–H groups in total. The van der Waals surface area contributed by atoms with Gasteiger partial charge in [0.25, 0.3) is 5.91 Å². The SMILES string of the molecule is CCOC(=O)CC1=NC(=O)/C(=C/c2ccc(Cl)cc2)S1. The van der Waals surface area contributed by atoms with Crippen LogP contribution in [0.3, 0.4) is 0 Å². The lowest BCUT2D eigenvalue weighted by Gasteiger charge is -2.00. The fraction of sp³-hybridized carbons (Fsp3) is 0.214. The standard InChI is InChI=1S/C14H12ClNO3S/c1-2-19-13(17)8-12-16-14(18)11(20-12)7-9-3-5-10(15)6-4-9/h3-7H,2,8H2,1H3/b11-7-. The highest BCUT2D eigenvalue weighted by molar-refractivity contribution is 8.18. The number of rotatable bonds is 4. The lowest BCUT2D eigenvalue weighted by molar-refractivity contribution is -0.141. The molecule has 104 valence electrons. The Morgan fingerprint density at radius 1 is 1.40 bits per heavy atom. The van der Waals surface area contributed by atoms with Crippen molar-refractivity contribution in [2.24, 2.45) is 4.99 Å². The predicted molar refractivity (Wildman–Crippen MR) is 80.7 cm³/mol. The predicted octanol–water partition coefficient (Wildman–Crippen LogP) is 3.31. The molecular weight excluding hydrogens is 298 g/mol. The Morgan fingerprint density at radius 3 is 2.75 bits per heavy atom. The molecule has 4 nitrogen and oxygen atoms in total. The van der Waals surface area contributed by atoms with Crippen LogP contribution in [-0.2, 0) is 14.3 Å². The van der Waals surface area contributed by atoms with Crippen molar-refractivity contribution < 1.29 is 14.3 Å². The Bertz CT molecular complexity index is 593. The Hall–Kier alpha value is -1.59. The van der Waals surface area contributed by atoms with Crippen molar-refractivity contribution in [3.8, 4) is 0 Å². The molecule has 1 aromatic rings. The van der Waals surface area contributed by atoms with Crippen LogP contribution >= 0.6 is 23.4 Å². The van der Waals surface area contributed by atoms with Gasteiger partial charge in [0, 0.05) is 5.02 Å². The molecule has 0 unspecified atom stereocenters. The molecule has 0 saturated carbocycles. The Labute approximate surface area is 125 Å². The maximum atomic E-state index is 11.7. The van der Waals surface area contributed by atoms with Gasteiger partial charge < -0.3 is 4.74 Å². The summed E-state index contributed by atoms with van der Waals surface area (Å²) in [5, 5.41) is 1.10. The monoisotopic (exact) mass is 309 g/mol. The number of thioether (sulfide) groups is 1. The van der Waals surface area contributed by atoms with E-state index in [4.69, 9.17) is 16.3 Å². The second-order valence-electron chi connectivity index (χ2n) is 3.95. The number of carbonyl (C=O) groups is 2. The number of halogens is 1. The maximum Gasteiger partial charge on any atom is 0.312 e. The third kappa shape index (κ3) is 3.95. The van der Waals surface area contributed by atoms with Gasteiger partial charge >= 0.3 is 5.97 Å². The number of aliphatic imine (C=N–C) groups is 1. The molecule has 1 heterocycles. The van der Waals surface area contributed by atoms with E-state index < -0.39 is 0 Å². The first-order chi connectivity index (χ1) is 9.58. The first-order valence-corrected chi connectivity index (χ1v) is 7.20. The quantitative estimate of drug-likeness (QED) is 0.632. The molecule has 0 atom stereocenters. The molecule has 0 aliphatic carbocycles. The molecule has 0 aromatic heterocycles. The number of esters is 1. The van der Waals surface area contributed by atoms with Gasteiger partial charge in [-0.15, -0.1) is 0 Å². The van der Waals surface area contributed by atoms with Crippen LogP contribution in [0.5, 0.6) is 0 Å². The van der Waals surface area contributed by atoms with Crippen LogP contribution < -0.4 is 0 Å². The molecule has 0 fully saturated rings. The van der Waals surface area contributed by atoms with Crippen LogP contribution in [-0.4, -0.2) is 23.5 Å². The van der Waals surface area contributed by atoms with Crippen LogP contribution in [0, 0.1) is 0 Å². The van der Waals surface area contributed by atoms with E-state index in [1.807, 2.05) is 12.1 Å². The summed E-state index contributed by atoms with van der Waals surface area (Å²) >= 11 is 7.00. The van der Waals surface area contributed by atoms with Gasteiger partial charge in [-0.1, -0.05) is 35.5 Å². The fourth-order valence-electron chi connectivity index (χ4n) is 1.57. The van der Waals surface area contributed by atoms with Crippen molar-refractivity contribution in [2.45, 2.75) is 13.3 Å². The summed E-state index contributed by atoms with van der Waals surface area (Å²) in [5.41, 5.74) is 0.859. The number of hydrogen-bond donors (Lipinski definition) is 0. The van der Waals surface area contributed by atoms with Crippen molar-refractivity contribution >= 4 is 46.4 Å². The highest BCUT2D eigenvalue weighted by atomic mass is 35.5. The van der Waals surface area contributed by atoms with E-state index in [1.165, 1.54) is 11.8 Å². The van der Waals surface area contributed by atoms with Gasteiger partial charge in [-0.05, 0) is 30.7 Å². The minimum absolute atomic E-state index is 0.0300. The Morgan fingerprint density at radius 2 is 2.10 bits per heavy atom. The number of ether oxygens (including phenoxy) is 1. The molecule has 0 radical (unpaired) electrons. The topological polar surface area (TPSA) is 55.7 Å². The Balaban J connectivity index is 2.05. The van der Waals surface area contributed by atoms with Gasteiger partial charge in [-0.2, -0.15) is 0 Å². The molecule has 0 spiro atoms. The van der Waals surface area contributed by atoms with Crippen molar-refractivity contribution in [3.05, 3.63) is 39.8 Å². The summed E-state index contributed by atoms with van der Waals surface area (Å²) in [7, 11) is 0. The normalized spacial score (nSPS) is 16.4. The van der Waals surface area contributed by atoms with Crippen molar-refractivity contribution in [1.82, 2.24) is 0 Å². The number of hydrogen-bond acceptors (Lipinski definition) is 4. The largest absolute Gasteiger partial charge is 0.466 e. The van der Waals surface area contributed by atoms with Crippen molar-refractivity contribution in [2.75, 3.05) is 6.61 Å². The smallest absolute Gasteiger partial charge is 0.312 e. The van der Waals surface area contributed by atoms with Crippen LogP contribution in [0.2, 0.25) is 5.02 Å². The highest BCUT2D eigenvalue weighted by Crippen LogP contribution is 2.30. The number of amides is 1. The van der Waals surface area contributed by atoms with Gasteiger partial charge in [-0.3, -0.25) is 9.59 Å². The summed E-state index contributed by atoms with van der Waals surface area (Å²) in [6.45, 7) is 2.05. The summed E-state index contributed by atoms with van der Waals surface area (Å²) < 4.78 is 4.83. The van der Waals surface area contributed by atoms with Crippen LogP contribution in [0.4, 0.5) is 0 Å². The molecule has 1 aliphatic heterocycles. The zero-order valence-corrected chi connectivity index (χ0v) is 12.3. The van der Waals surface area contributed by atoms with E-state index in [2.05, 4.69) is 4.99 Å². The molecule has 20 heavy (non-hydrogen) atoms. The molecule has 1 aromatic carbocycles. The van der Waals surface area contributed by atoms with E-state index >= 15 is 0 Å². The summed E-state index contributed by atoms with van der Waals surface area (Å²) in [5.74, 6) is -0.705. The summed E-state index contributed by atoms with van der Waals surface area (Å²) in [6, 6.07) is 7.12. The van der Waals surface area contributed by atoms with Gasteiger partial charge in [0.1, 0.15) is 0 Å². The number of carbonyl (C=O) groups excluding carboxylic acids is 2. The zero-order chi connectivity index (χ0) is 14.5. The first-order valence-electron chi connectivity index (χ1n) is 6.01. The molecular formula is C14H12ClNO3S. The molecule has 2 rings (SSSR count). The molecule has 0 bridgehead atoms. The van der Waals surface area contributed by atoms with Gasteiger partial charge in [-0.25, -0.2) is 4.99 Å². The van der Waals surface area contributed by atoms with E-state index in [0.29, 0.717) is 21.6 Å². The van der Waals surface area contributed by atoms with Crippen molar-refractivity contribution in [1.29, 1.82) is 0 Å². The van der Waals surface area contributed by atoms with Gasteiger partial charge in [0.05, 0.1) is 23.0 Å². The summed E-state index contributed by atoms with van der Waals surface area (Å²) in [4.78, 5) is 27.4. The third-order valence-electron chi connectivity index (χ3n) is 2.43. The molecule has 0 saturated heterocycles. The average molecular weight is 310 g/mol. The number of nitrogens with zero attached hydrogens (tertiary/aromatic N) is 1. The second-order valence-corrected chi connectivity index (χ2v) is 5.51. The van der Waals surface area contributed by atoms with E-state index in [1.54, 1.807) is 25.1 Å². The lowest BCUT2D eigenvalue weighted by Crippen LogP contribution is -2.07. The molecule has 1 amide bonds. The average Bonchev–Trinajstić information content (AvgIpc) is 2.72. The molecule has 6 heteroatoms. The highest BCUT2D eigenvalue weighted by Gasteiger charge is 2.23. The molecule has 1 aliphatic rings. The summed E-state index contributed by atoms with van der Waals surface area (Å²) in [6.07, 6.45) is 1.76. The Kier molecular flexibility index (Phi) is 4.98. The van der Waals surface area contributed by atoms with Crippen LogP contribution in [0.15, 0.2) is 34.2 Å². The van der Waals surface area contributed by atoms with Gasteiger partial charge in [0.15, 0.2) is 0 Å². The van der Waals surface area contributed by atoms with Crippen molar-refractivity contribution in [3.63, 3.8) is 0 Å². The minimum Gasteiger partial charge on any atom is -0.466 e. The van der Waals surface area contributed by atoms with E-state index in [-0.39, 0.29) is 18.3 Å². The van der Waals surface area contributed by atoms with E-state index in [9.17, 15) is 9.59 Å². The third-order valence-corrected chi connectivity index (χ3v) is 3.67. The lowest BCUT2D eigenvalue weighted by atomic mass is 10.2.